The molecule has 0 saturated heterocycles. The van der Waals surface area contributed by atoms with Crippen molar-refractivity contribution in [1.82, 2.24) is 9.13 Å². The van der Waals surface area contributed by atoms with Gasteiger partial charge in [0.15, 0.2) is 0 Å². The van der Waals surface area contributed by atoms with Crippen molar-refractivity contribution in [3.63, 3.8) is 0 Å². The number of benzene rings is 11. The van der Waals surface area contributed by atoms with E-state index in [0.29, 0.717) is 0 Å². The van der Waals surface area contributed by atoms with Crippen molar-refractivity contribution in [3.05, 3.63) is 291 Å². The Kier molecular flexibility index (Phi) is 10.4. The van der Waals surface area contributed by atoms with Crippen molar-refractivity contribution in [1.29, 1.82) is 0 Å². The van der Waals surface area contributed by atoms with Crippen molar-refractivity contribution in [3.8, 4) is 11.4 Å². The summed E-state index contributed by atoms with van der Waals surface area (Å²) in [4.78, 5) is 10.4. The van der Waals surface area contributed by atoms with E-state index < -0.39 is 20.1 Å². The van der Waals surface area contributed by atoms with Gasteiger partial charge in [-0.2, -0.15) is 0 Å². The van der Waals surface area contributed by atoms with Gasteiger partial charge >= 0.3 is 0 Å². The van der Waals surface area contributed by atoms with Crippen LogP contribution >= 0.6 is 20.1 Å². The van der Waals surface area contributed by atoms with Gasteiger partial charge in [0, 0.05) is 72.1 Å². The maximum Gasteiger partial charge on any atom is 0.0541 e. The summed E-state index contributed by atoms with van der Waals surface area (Å²) in [6, 6.07) is 109. The molecule has 2 aromatic heterocycles. The Hall–Kier alpha value is -8.28. The third-order valence-electron chi connectivity index (χ3n) is 13.9. The van der Waals surface area contributed by atoms with Gasteiger partial charge in [0.2, 0.25) is 0 Å². The highest BCUT2D eigenvalue weighted by Gasteiger charge is 2.36. The Morgan fingerprint density at radius 3 is 0.714 bits per heavy atom. The fourth-order valence-electron chi connectivity index (χ4n) is 11.0. The summed E-state index contributed by atoms with van der Waals surface area (Å²) in [7, 11) is -3.94. The lowest BCUT2D eigenvalue weighted by Crippen LogP contribution is -2.05. The Labute approximate surface area is 412 Å². The average molecular weight is 933 g/mol. The van der Waals surface area contributed by atoms with E-state index in [9.17, 15) is 0 Å². The number of nitrogens with zero attached hydrogens (tertiary/aromatic N) is 2. The number of hydrogen-bond acceptors (Lipinski definition) is 0. The normalized spacial score (nSPS) is 12.5. The molecule has 0 bridgehead atoms. The minimum absolute atomic E-state index is 1.12. The second-order valence-electron chi connectivity index (χ2n) is 17.7. The largest absolute Gasteiger partial charge is 0.309 e. The molecule has 0 spiro atoms. The van der Waals surface area contributed by atoms with Gasteiger partial charge in [-0.05, 0) is 146 Å². The molecule has 0 amide bonds. The first kappa shape index (κ1) is 41.9. The first-order valence-electron chi connectivity index (χ1n) is 23.9. The smallest absolute Gasteiger partial charge is 0.0541 e. The highest BCUT2D eigenvalue weighted by Crippen LogP contribution is 2.75. The predicted octanol–water partition coefficient (Wildman–Crippen LogP) is 18.6. The van der Waals surface area contributed by atoms with E-state index in [0.717, 1.165) is 11.4 Å². The van der Waals surface area contributed by atoms with Gasteiger partial charge in [0.1, 0.15) is 0 Å². The number of hydrogen-bond donors (Lipinski definition) is 0. The quantitative estimate of drug-likeness (QED) is 0.129. The summed E-state index contributed by atoms with van der Waals surface area (Å²) in [5.74, 6) is 0. The second kappa shape index (κ2) is 17.4. The zero-order chi connectivity index (χ0) is 46.5. The molecule has 13 aromatic rings. The topological polar surface area (TPSA) is 9.86 Å². The molecule has 0 N–H and O–H groups in total. The van der Waals surface area contributed by atoms with E-state index in [4.69, 9.17) is 0 Å². The van der Waals surface area contributed by atoms with Crippen molar-refractivity contribution < 1.29 is 0 Å². The fraction of sp³-hybridized carbons (Fsp3) is 0. The first-order chi connectivity index (χ1) is 34.7. The van der Waals surface area contributed by atoms with Gasteiger partial charge in [-0.15, -0.1) is 20.1 Å². The molecule has 0 saturated carbocycles. The third-order valence-corrected chi connectivity index (χ3v) is 21.7. The second-order valence-corrected chi connectivity index (χ2v) is 23.9. The van der Waals surface area contributed by atoms with Gasteiger partial charge in [-0.25, -0.2) is 0 Å². The molecule has 13 rings (SSSR count). The molecule has 70 heavy (non-hydrogen) atoms. The van der Waals surface area contributed by atoms with Gasteiger partial charge in [0.25, 0.3) is 0 Å². The summed E-state index contributed by atoms with van der Waals surface area (Å²) >= 11 is 0. The van der Waals surface area contributed by atoms with Crippen LogP contribution in [-0.2, 0) is 0 Å². The van der Waals surface area contributed by atoms with E-state index in [1.54, 1.807) is 0 Å². The maximum absolute atomic E-state index is 2.54. The van der Waals surface area contributed by atoms with Crippen molar-refractivity contribution in [2.24, 2.45) is 0 Å². The number of para-hydroxylation sites is 2. The van der Waals surface area contributed by atoms with Gasteiger partial charge < -0.3 is 9.13 Å². The number of rotatable bonds is 10. The highest BCUT2D eigenvalue weighted by molar-refractivity contribution is 8.34. The molecule has 0 unspecified atom stereocenters. The lowest BCUT2D eigenvalue weighted by atomic mass is 10.1. The Bertz CT molecular complexity index is 3530. The SMILES string of the molecule is c1ccc(S(c2ccccc2)(c2ccccc2)c2ccc3c(c2)c2cc(S(c4ccccc4)(c4ccccc4)c4ccccc4)ccc2n3-c2ccc(-n3c4ccccc4c4ccccc43)cc2)cc1. The van der Waals surface area contributed by atoms with Crippen LogP contribution in [-0.4, -0.2) is 9.13 Å². The van der Waals surface area contributed by atoms with E-state index in [1.165, 1.54) is 82.8 Å². The van der Waals surface area contributed by atoms with Crippen LogP contribution in [0.2, 0.25) is 0 Å². The zero-order valence-corrected chi connectivity index (χ0v) is 40.1. The molecule has 0 aliphatic rings. The van der Waals surface area contributed by atoms with Crippen molar-refractivity contribution >= 4 is 63.7 Å². The summed E-state index contributed by atoms with van der Waals surface area (Å²) in [5, 5.41) is 4.97. The Balaban J connectivity index is 1.11. The molecule has 0 aliphatic heterocycles. The molecule has 11 aromatic carbocycles. The first-order valence-corrected chi connectivity index (χ1v) is 27.2. The summed E-state index contributed by atoms with van der Waals surface area (Å²) < 4.78 is 4.89. The highest BCUT2D eigenvalue weighted by atomic mass is 32.3. The van der Waals surface area contributed by atoms with Gasteiger partial charge in [-0.3, -0.25) is 0 Å². The van der Waals surface area contributed by atoms with Crippen LogP contribution in [0.4, 0.5) is 0 Å². The Morgan fingerprint density at radius 2 is 0.429 bits per heavy atom. The molecular weight excluding hydrogens is 885 g/mol. The monoisotopic (exact) mass is 932 g/mol. The summed E-state index contributed by atoms with van der Waals surface area (Å²) in [5.41, 5.74) is 7.00. The van der Waals surface area contributed by atoms with E-state index in [2.05, 4.69) is 300 Å². The van der Waals surface area contributed by atoms with Crippen LogP contribution in [0.1, 0.15) is 0 Å². The molecule has 4 heteroatoms. The third kappa shape index (κ3) is 6.52. The summed E-state index contributed by atoms with van der Waals surface area (Å²) in [6.07, 6.45) is 0. The fourth-order valence-corrected chi connectivity index (χ4v) is 18.8. The molecule has 0 fully saturated rings. The Morgan fingerprint density at radius 1 is 0.186 bits per heavy atom. The molecule has 0 aliphatic carbocycles. The van der Waals surface area contributed by atoms with Crippen LogP contribution in [0, 0.1) is 0 Å². The standard InChI is InChI=1S/C66H48N2S2/c1-7-23-51(24-8-1)69(52-25-9-2-10-26-52,53-27-11-3-12-28-53)57-43-45-65-61(47-57)62-48-58(70(54-29-13-4-14-30-54,55-31-15-5-16-32-55)56-33-17-6-18-34-56)44-46-66(62)68(65)50-41-39-49(40-42-50)67-63-37-21-19-35-59(63)60-36-20-22-38-64(60)67/h1-48H. The van der Waals surface area contributed by atoms with Crippen LogP contribution in [0.3, 0.4) is 0 Å². The maximum atomic E-state index is 2.54. The van der Waals surface area contributed by atoms with Crippen LogP contribution in [0.25, 0.3) is 55.0 Å². The van der Waals surface area contributed by atoms with Crippen molar-refractivity contribution in [2.75, 3.05) is 0 Å². The van der Waals surface area contributed by atoms with E-state index in [-0.39, 0.29) is 0 Å². The molecule has 0 atom stereocenters. The number of fused-ring (bicyclic) bond motifs is 6. The molecule has 334 valence electrons. The number of aromatic nitrogens is 2. The predicted molar refractivity (Wildman–Crippen MR) is 295 cm³/mol. The van der Waals surface area contributed by atoms with Crippen LogP contribution < -0.4 is 0 Å². The van der Waals surface area contributed by atoms with E-state index >= 15 is 0 Å². The lowest BCUT2D eigenvalue weighted by Gasteiger charge is -2.42. The molecular formula is C66H48N2S2. The molecule has 2 nitrogen and oxygen atoms in total. The van der Waals surface area contributed by atoms with Crippen LogP contribution in [0.5, 0.6) is 0 Å². The molecule has 2 heterocycles. The minimum Gasteiger partial charge on any atom is -0.309 e. The zero-order valence-electron chi connectivity index (χ0n) is 38.4. The average Bonchev–Trinajstić information content (AvgIpc) is 3.96. The minimum atomic E-state index is -1.97. The summed E-state index contributed by atoms with van der Waals surface area (Å²) in [6.45, 7) is 0. The van der Waals surface area contributed by atoms with Gasteiger partial charge in [0.05, 0.1) is 22.1 Å². The van der Waals surface area contributed by atoms with Gasteiger partial charge in [-0.1, -0.05) is 146 Å². The van der Waals surface area contributed by atoms with Crippen molar-refractivity contribution in [2.45, 2.75) is 39.2 Å². The van der Waals surface area contributed by atoms with E-state index in [1.807, 2.05) is 0 Å². The van der Waals surface area contributed by atoms with Crippen LogP contribution in [0.15, 0.2) is 330 Å². The molecule has 0 radical (unpaired) electrons. The lowest BCUT2D eigenvalue weighted by molar-refractivity contribution is 1.14.